The third-order valence-corrected chi connectivity index (χ3v) is 5.59. The van der Waals surface area contributed by atoms with Gasteiger partial charge in [0.1, 0.15) is 5.69 Å². The van der Waals surface area contributed by atoms with Gasteiger partial charge in [-0.2, -0.15) is 17.7 Å². The highest BCUT2D eigenvalue weighted by Crippen LogP contribution is 2.33. The van der Waals surface area contributed by atoms with E-state index in [1.807, 2.05) is 46.0 Å². The predicted molar refractivity (Wildman–Crippen MR) is 118 cm³/mol. The average molecular weight is 433 g/mol. The maximum absolute atomic E-state index is 12.9. The molecule has 6 nitrogen and oxygen atoms in total. The number of nitrogens with two attached hydrogens (primary N) is 1. The minimum atomic E-state index is -0.596. The molecule has 29 heavy (non-hydrogen) atoms. The topological polar surface area (TPSA) is 77.3 Å². The number of aryl methyl sites for hydroxylation is 1. The first kappa shape index (κ1) is 21.5. The molecule has 1 amide bonds. The van der Waals surface area contributed by atoms with Gasteiger partial charge in [-0.05, 0) is 36.6 Å². The molecule has 0 saturated heterocycles. The van der Waals surface area contributed by atoms with Crippen molar-refractivity contribution in [3.63, 3.8) is 0 Å². The molecule has 1 aliphatic rings. The molecule has 154 valence electrons. The average Bonchev–Trinajstić information content (AvgIpc) is 3.41. The molecule has 1 aliphatic heterocycles. The Hall–Kier alpha value is -2.22. The highest BCUT2D eigenvalue weighted by molar-refractivity contribution is 7.80. The molecule has 1 aromatic carbocycles. The predicted octanol–water partition coefficient (Wildman–Crippen LogP) is 3.34. The summed E-state index contributed by atoms with van der Waals surface area (Å²) in [5.74, 6) is 1.01. The van der Waals surface area contributed by atoms with Gasteiger partial charge in [0.15, 0.2) is 5.76 Å². The number of aromatic nitrogens is 2. The van der Waals surface area contributed by atoms with Gasteiger partial charge in [0.25, 0.3) is 0 Å². The summed E-state index contributed by atoms with van der Waals surface area (Å²) >= 11 is 4.21. The second kappa shape index (κ2) is 9.52. The molecule has 0 radical (unpaired) electrons. The smallest absolute Gasteiger partial charge is 0.240 e. The molecule has 2 atom stereocenters. The van der Waals surface area contributed by atoms with Crippen molar-refractivity contribution in [2.45, 2.75) is 31.5 Å². The van der Waals surface area contributed by atoms with Crippen molar-refractivity contribution < 1.29 is 9.21 Å². The number of fused-ring (bicyclic) bond motifs is 1. The Kier molecular flexibility index (Phi) is 7.05. The lowest BCUT2D eigenvalue weighted by Crippen LogP contribution is -2.50. The largest absolute Gasteiger partial charge is 0.463 e. The van der Waals surface area contributed by atoms with Crippen molar-refractivity contribution in [1.29, 1.82) is 0 Å². The Balaban J connectivity index is 0.00000240. The van der Waals surface area contributed by atoms with Crippen LogP contribution in [0.15, 0.2) is 59.2 Å². The molecule has 8 heteroatoms. The molecular formula is C21H25ClN4O2S. The molecule has 0 aliphatic carbocycles. The lowest BCUT2D eigenvalue weighted by atomic mass is 9.99. The Morgan fingerprint density at radius 2 is 2.03 bits per heavy atom. The van der Waals surface area contributed by atoms with Crippen LogP contribution in [-0.2, 0) is 17.8 Å². The van der Waals surface area contributed by atoms with Crippen LogP contribution >= 0.6 is 25.0 Å². The van der Waals surface area contributed by atoms with Gasteiger partial charge >= 0.3 is 0 Å². The number of hydrogen-bond acceptors (Lipinski definition) is 5. The minimum Gasteiger partial charge on any atom is -0.463 e. The molecule has 0 spiro atoms. The Morgan fingerprint density at radius 1 is 1.24 bits per heavy atom. The van der Waals surface area contributed by atoms with E-state index in [1.165, 1.54) is 5.56 Å². The molecular weight excluding hydrogens is 408 g/mol. The summed E-state index contributed by atoms with van der Waals surface area (Å²) in [6.07, 6.45) is 3.31. The number of carbonyl (C=O) groups excluding carboxylic acids is 1. The maximum atomic E-state index is 12.9. The molecule has 4 rings (SSSR count). The molecule has 0 fully saturated rings. The third kappa shape index (κ3) is 4.52. The van der Waals surface area contributed by atoms with E-state index in [4.69, 9.17) is 15.2 Å². The normalized spacial score (nSPS) is 16.8. The van der Waals surface area contributed by atoms with Gasteiger partial charge in [-0.15, -0.1) is 12.4 Å². The first-order valence-corrected chi connectivity index (χ1v) is 10.1. The lowest BCUT2D eigenvalue weighted by molar-refractivity contribution is -0.136. The van der Waals surface area contributed by atoms with Crippen LogP contribution in [0.3, 0.4) is 0 Å². The van der Waals surface area contributed by atoms with Gasteiger partial charge in [0.2, 0.25) is 5.91 Å². The molecule has 0 saturated carbocycles. The number of benzene rings is 1. The SMILES string of the molecule is Cl.N[C@@H](CS)C(=O)N1CCn2nc(-c3ccco3)cc2C1CCc1ccccc1. The molecule has 3 heterocycles. The summed E-state index contributed by atoms with van der Waals surface area (Å²) in [5, 5.41) is 4.70. The van der Waals surface area contributed by atoms with Gasteiger partial charge < -0.3 is 15.1 Å². The molecule has 0 bridgehead atoms. The van der Waals surface area contributed by atoms with E-state index < -0.39 is 6.04 Å². The van der Waals surface area contributed by atoms with E-state index in [-0.39, 0.29) is 24.4 Å². The zero-order valence-corrected chi connectivity index (χ0v) is 17.7. The van der Waals surface area contributed by atoms with Crippen LogP contribution in [-0.4, -0.2) is 38.9 Å². The van der Waals surface area contributed by atoms with E-state index in [9.17, 15) is 4.79 Å². The van der Waals surface area contributed by atoms with E-state index in [0.717, 1.165) is 30.0 Å². The first-order chi connectivity index (χ1) is 13.7. The van der Waals surface area contributed by atoms with Crippen LogP contribution in [0.1, 0.15) is 23.7 Å². The monoisotopic (exact) mass is 432 g/mol. The quantitative estimate of drug-likeness (QED) is 0.585. The first-order valence-electron chi connectivity index (χ1n) is 9.50. The van der Waals surface area contributed by atoms with Crippen LogP contribution in [0.4, 0.5) is 0 Å². The van der Waals surface area contributed by atoms with Crippen molar-refractivity contribution in [2.75, 3.05) is 12.3 Å². The van der Waals surface area contributed by atoms with Crippen molar-refractivity contribution >= 4 is 30.9 Å². The zero-order chi connectivity index (χ0) is 19.5. The van der Waals surface area contributed by atoms with Crippen molar-refractivity contribution in [3.8, 4) is 11.5 Å². The molecule has 2 N–H and O–H groups in total. The van der Waals surface area contributed by atoms with Crippen molar-refractivity contribution in [1.82, 2.24) is 14.7 Å². The summed E-state index contributed by atoms with van der Waals surface area (Å²) in [6, 6.07) is 15.4. The number of amides is 1. The number of nitrogens with zero attached hydrogens (tertiary/aromatic N) is 3. The fraction of sp³-hybridized carbons (Fsp3) is 0.333. The summed E-state index contributed by atoms with van der Waals surface area (Å²) in [7, 11) is 0. The maximum Gasteiger partial charge on any atom is 0.240 e. The number of carbonyl (C=O) groups is 1. The van der Waals surface area contributed by atoms with Crippen LogP contribution in [0, 0.1) is 0 Å². The van der Waals surface area contributed by atoms with Crippen LogP contribution in [0.2, 0.25) is 0 Å². The summed E-state index contributed by atoms with van der Waals surface area (Å²) in [6.45, 7) is 1.23. The minimum absolute atomic E-state index is 0. The summed E-state index contributed by atoms with van der Waals surface area (Å²) in [5.41, 5.74) is 9.07. The van der Waals surface area contributed by atoms with Gasteiger partial charge in [-0.1, -0.05) is 30.3 Å². The van der Waals surface area contributed by atoms with Crippen molar-refractivity contribution in [3.05, 3.63) is 66.1 Å². The van der Waals surface area contributed by atoms with E-state index in [2.05, 4.69) is 24.8 Å². The van der Waals surface area contributed by atoms with Crippen LogP contribution in [0.5, 0.6) is 0 Å². The van der Waals surface area contributed by atoms with Gasteiger partial charge in [0, 0.05) is 12.3 Å². The fourth-order valence-electron chi connectivity index (χ4n) is 3.75. The Labute approximate surface area is 181 Å². The standard InChI is InChI=1S/C21H24N4O2S.ClH/c22-16(14-28)21(26)24-10-11-25-19(13-17(23-25)20-7-4-12-27-20)18(24)9-8-15-5-2-1-3-6-15;/h1-7,12-13,16,18,28H,8-11,14,22H2;1H/t16-,18?;/m0./s1. The summed E-state index contributed by atoms with van der Waals surface area (Å²) in [4.78, 5) is 14.8. The molecule has 1 unspecified atom stereocenters. The lowest BCUT2D eigenvalue weighted by Gasteiger charge is -2.37. The fourth-order valence-corrected chi connectivity index (χ4v) is 3.90. The Bertz CT molecular complexity index is 930. The number of furan rings is 1. The number of halogens is 1. The summed E-state index contributed by atoms with van der Waals surface area (Å²) < 4.78 is 7.49. The number of rotatable bonds is 6. The highest BCUT2D eigenvalue weighted by Gasteiger charge is 2.34. The van der Waals surface area contributed by atoms with Gasteiger partial charge in [0.05, 0.1) is 30.6 Å². The van der Waals surface area contributed by atoms with Gasteiger partial charge in [-0.25, -0.2) is 0 Å². The molecule has 3 aromatic rings. The van der Waals surface area contributed by atoms with E-state index >= 15 is 0 Å². The van der Waals surface area contributed by atoms with Crippen LogP contribution < -0.4 is 5.73 Å². The van der Waals surface area contributed by atoms with Crippen molar-refractivity contribution in [2.24, 2.45) is 5.73 Å². The Morgan fingerprint density at radius 3 is 2.72 bits per heavy atom. The molecule has 2 aromatic heterocycles. The second-order valence-electron chi connectivity index (χ2n) is 7.02. The van der Waals surface area contributed by atoms with Crippen LogP contribution in [0.25, 0.3) is 11.5 Å². The highest BCUT2D eigenvalue weighted by atomic mass is 35.5. The third-order valence-electron chi connectivity index (χ3n) is 5.20. The van der Waals surface area contributed by atoms with E-state index in [0.29, 0.717) is 18.8 Å². The number of hydrogen-bond donors (Lipinski definition) is 2. The number of thiol groups is 1. The zero-order valence-electron chi connectivity index (χ0n) is 16.0. The van der Waals surface area contributed by atoms with E-state index in [1.54, 1.807) is 6.26 Å². The second-order valence-corrected chi connectivity index (χ2v) is 7.38. The van der Waals surface area contributed by atoms with Gasteiger partial charge in [-0.3, -0.25) is 9.48 Å².